The van der Waals surface area contributed by atoms with Crippen LogP contribution in [0.4, 0.5) is 10.2 Å². The van der Waals surface area contributed by atoms with Crippen molar-refractivity contribution in [1.29, 1.82) is 0 Å². The summed E-state index contributed by atoms with van der Waals surface area (Å²) >= 11 is 6.94. The van der Waals surface area contributed by atoms with Crippen LogP contribution in [-0.2, 0) is 11.5 Å². The summed E-state index contributed by atoms with van der Waals surface area (Å²) in [5.41, 5.74) is 2.39. The lowest BCUT2D eigenvalue weighted by Gasteiger charge is -2.40. The van der Waals surface area contributed by atoms with E-state index >= 15 is 0 Å². The molecule has 0 unspecified atom stereocenters. The molecular weight excluding hydrogens is 576 g/mol. The Kier molecular flexibility index (Phi) is 9.06. The van der Waals surface area contributed by atoms with Crippen LogP contribution in [-0.4, -0.2) is 71.7 Å². The van der Waals surface area contributed by atoms with E-state index in [4.69, 9.17) is 32.3 Å². The molecule has 1 aromatic carbocycles. The molecule has 44 heavy (non-hydrogen) atoms. The third-order valence-electron chi connectivity index (χ3n) is 7.68. The van der Waals surface area contributed by atoms with Gasteiger partial charge in [-0.1, -0.05) is 62.4 Å². The van der Waals surface area contributed by atoms with Gasteiger partial charge in [0.15, 0.2) is 5.65 Å². The molecule has 8 nitrogen and oxygen atoms in total. The first-order valence-electron chi connectivity index (χ1n) is 14.2. The summed E-state index contributed by atoms with van der Waals surface area (Å²) < 4.78 is 15.8. The maximum atomic E-state index is 14.5. The summed E-state index contributed by atoms with van der Waals surface area (Å²) in [5, 5.41) is 0.894. The maximum Gasteiger partial charge on any atom is 0.355 e. The predicted molar refractivity (Wildman–Crippen MR) is 175 cm³/mol. The Morgan fingerprint density at radius 3 is 2.61 bits per heavy atom. The Bertz CT molecular complexity index is 1860. The molecule has 4 heterocycles. The highest BCUT2D eigenvalue weighted by Gasteiger charge is 2.30. The van der Waals surface area contributed by atoms with Crippen molar-refractivity contribution >= 4 is 56.1 Å². The number of carbonyl (C=O) groups is 1. The highest BCUT2D eigenvalue weighted by atomic mass is 35.5. The SMILES string of the molecule is [B]C([B])=Cc1ccccc1-c1nc2c(cc1Cl)c(N1CCN(C(=O)C=C)C[C@@H]1C)nc(=O)n2-c1c(CF)ccnc1C(C)C. The molecule has 0 bridgehead atoms. The highest BCUT2D eigenvalue weighted by Crippen LogP contribution is 2.37. The number of nitrogens with zero attached hydrogens (tertiary/aromatic N) is 6. The van der Waals surface area contributed by atoms with Gasteiger partial charge in [-0.2, -0.15) is 10.4 Å². The van der Waals surface area contributed by atoms with Crippen molar-refractivity contribution in [1.82, 2.24) is 24.4 Å². The highest BCUT2D eigenvalue weighted by molar-refractivity contribution is 6.50. The number of aromatic nitrogens is 4. The van der Waals surface area contributed by atoms with Crippen LogP contribution in [0.25, 0.3) is 34.1 Å². The number of alkyl halides is 1. The number of hydrogen-bond acceptors (Lipinski definition) is 6. The van der Waals surface area contributed by atoms with Crippen molar-refractivity contribution < 1.29 is 9.18 Å². The van der Waals surface area contributed by atoms with E-state index in [-0.39, 0.29) is 34.4 Å². The van der Waals surface area contributed by atoms with Gasteiger partial charge in [-0.3, -0.25) is 9.78 Å². The number of pyridine rings is 2. The number of fused-ring (bicyclic) bond motifs is 1. The van der Waals surface area contributed by atoms with Crippen LogP contribution in [0.5, 0.6) is 0 Å². The van der Waals surface area contributed by atoms with Crippen molar-refractivity contribution in [3.8, 4) is 16.9 Å². The fourth-order valence-electron chi connectivity index (χ4n) is 5.64. The number of hydrogen-bond donors (Lipinski definition) is 0. The lowest BCUT2D eigenvalue weighted by atomic mass is 9.77. The molecule has 0 spiro atoms. The van der Waals surface area contributed by atoms with Gasteiger partial charge < -0.3 is 9.80 Å². The Labute approximate surface area is 263 Å². The van der Waals surface area contributed by atoms with E-state index in [2.05, 4.69) is 16.5 Å². The van der Waals surface area contributed by atoms with Gasteiger partial charge in [-0.05, 0) is 36.6 Å². The predicted octanol–water partition coefficient (Wildman–Crippen LogP) is 4.95. The Morgan fingerprint density at radius 1 is 1.20 bits per heavy atom. The quantitative estimate of drug-likeness (QED) is 0.219. The van der Waals surface area contributed by atoms with Crippen molar-refractivity contribution in [2.45, 2.75) is 39.4 Å². The average Bonchev–Trinajstić information content (AvgIpc) is 3.00. The zero-order chi connectivity index (χ0) is 31.7. The number of amides is 1. The first kappa shape index (κ1) is 31.2. The number of rotatable bonds is 7. The number of benzene rings is 1. The van der Waals surface area contributed by atoms with Gasteiger partial charge in [0.25, 0.3) is 0 Å². The molecule has 1 aliphatic heterocycles. The van der Waals surface area contributed by atoms with Gasteiger partial charge in [0.05, 0.1) is 43.2 Å². The first-order valence-corrected chi connectivity index (χ1v) is 14.6. The van der Waals surface area contributed by atoms with E-state index in [1.165, 1.54) is 16.8 Å². The molecule has 4 radical (unpaired) electrons. The molecule has 1 saturated heterocycles. The summed E-state index contributed by atoms with van der Waals surface area (Å²) in [6.07, 6.45) is 4.42. The second kappa shape index (κ2) is 12.8. The third kappa shape index (κ3) is 5.80. The van der Waals surface area contributed by atoms with E-state index < -0.39 is 12.4 Å². The zero-order valence-electron chi connectivity index (χ0n) is 24.8. The topological polar surface area (TPSA) is 84.2 Å². The van der Waals surface area contributed by atoms with Crippen LogP contribution >= 0.6 is 11.6 Å². The Hall–Kier alpha value is -4.24. The van der Waals surface area contributed by atoms with Crippen LogP contribution in [0.1, 0.15) is 43.5 Å². The summed E-state index contributed by atoms with van der Waals surface area (Å²) in [6.45, 7) is 9.78. The van der Waals surface area contributed by atoms with E-state index in [1.807, 2.05) is 49.9 Å². The van der Waals surface area contributed by atoms with Gasteiger partial charge in [0.1, 0.15) is 12.5 Å². The molecule has 1 aliphatic rings. The van der Waals surface area contributed by atoms with Crippen LogP contribution in [0, 0.1) is 0 Å². The number of anilines is 1. The van der Waals surface area contributed by atoms with E-state index in [0.29, 0.717) is 64.1 Å². The van der Waals surface area contributed by atoms with Gasteiger partial charge in [-0.25, -0.2) is 18.7 Å². The molecular formula is C32H30B2ClFN6O2. The van der Waals surface area contributed by atoms with Crippen molar-refractivity contribution in [3.05, 3.63) is 92.9 Å². The molecule has 1 atom stereocenters. The number of halogens is 2. The molecule has 1 amide bonds. The monoisotopic (exact) mass is 606 g/mol. The first-order chi connectivity index (χ1) is 21.0. The smallest absolute Gasteiger partial charge is 0.350 e. The minimum absolute atomic E-state index is 0.102. The summed E-state index contributed by atoms with van der Waals surface area (Å²) in [7, 11) is 11.6. The van der Waals surface area contributed by atoms with E-state index in [9.17, 15) is 14.0 Å². The normalized spacial score (nSPS) is 15.1. The van der Waals surface area contributed by atoms with Gasteiger partial charge in [-0.15, -0.1) is 0 Å². The van der Waals surface area contributed by atoms with Gasteiger partial charge in [0.2, 0.25) is 5.91 Å². The molecule has 12 heteroatoms. The maximum absolute atomic E-state index is 14.5. The van der Waals surface area contributed by atoms with Gasteiger partial charge >= 0.3 is 5.69 Å². The van der Waals surface area contributed by atoms with Crippen molar-refractivity contribution in [2.24, 2.45) is 0 Å². The molecule has 220 valence electrons. The average molecular weight is 607 g/mol. The molecule has 0 N–H and O–H groups in total. The second-order valence-electron chi connectivity index (χ2n) is 11.0. The largest absolute Gasteiger partial charge is 0.355 e. The third-order valence-corrected chi connectivity index (χ3v) is 7.96. The summed E-state index contributed by atoms with van der Waals surface area (Å²) in [5.74, 6) is 0.0665. The van der Waals surface area contributed by atoms with E-state index in [0.717, 1.165) is 0 Å². The summed E-state index contributed by atoms with van der Waals surface area (Å²) in [6, 6.07) is 10.4. The van der Waals surface area contributed by atoms with Crippen molar-refractivity contribution in [3.63, 3.8) is 0 Å². The lowest BCUT2D eigenvalue weighted by Crippen LogP contribution is -2.54. The van der Waals surface area contributed by atoms with Crippen LogP contribution < -0.4 is 10.6 Å². The lowest BCUT2D eigenvalue weighted by molar-refractivity contribution is -0.126. The number of carbonyl (C=O) groups excluding carboxylic acids is 1. The molecule has 4 aromatic rings. The number of piperazine rings is 1. The minimum Gasteiger partial charge on any atom is -0.350 e. The molecule has 0 aliphatic carbocycles. The van der Waals surface area contributed by atoms with E-state index in [1.54, 1.807) is 23.1 Å². The standard InChI is InChI=1S/C32H30B2ClFN6O2/c1-5-26(43)40-12-13-41(19(4)17-40)30-23-15-24(35)28(22-9-7-6-8-20(22)14-25(33)34)38-31(23)42(32(44)39-30)29-21(16-36)10-11-37-27(29)18(2)3/h5-11,14-15,18-19H,1,12-13,16-17H2,2-4H3/t19-/m0/s1. The summed E-state index contributed by atoms with van der Waals surface area (Å²) in [4.78, 5) is 44.1. The minimum atomic E-state index is -0.826. The molecule has 1 fully saturated rings. The Morgan fingerprint density at radius 2 is 1.95 bits per heavy atom. The van der Waals surface area contributed by atoms with Crippen LogP contribution in [0.15, 0.2) is 65.4 Å². The second-order valence-corrected chi connectivity index (χ2v) is 11.4. The molecule has 3 aromatic heterocycles. The van der Waals surface area contributed by atoms with Crippen molar-refractivity contribution in [2.75, 3.05) is 24.5 Å². The fourth-order valence-corrected chi connectivity index (χ4v) is 5.89. The Balaban J connectivity index is 1.85. The van der Waals surface area contributed by atoms with Crippen LogP contribution in [0.3, 0.4) is 0 Å². The zero-order valence-corrected chi connectivity index (χ0v) is 25.6. The van der Waals surface area contributed by atoms with Crippen LogP contribution in [0.2, 0.25) is 5.02 Å². The molecule has 5 rings (SSSR count). The molecule has 0 saturated carbocycles. The fraction of sp³-hybridized carbons (Fsp3) is 0.281. The van der Waals surface area contributed by atoms with Gasteiger partial charge in [0, 0.05) is 43.0 Å².